The number of aromatic nitrogens is 1. The minimum Gasteiger partial charge on any atom is -0.481 e. The van der Waals surface area contributed by atoms with Gasteiger partial charge in [-0.3, -0.25) is 4.79 Å². The van der Waals surface area contributed by atoms with Crippen LogP contribution < -0.4 is 5.32 Å². The summed E-state index contributed by atoms with van der Waals surface area (Å²) in [6.07, 6.45) is 0.655. The number of fused-ring (bicyclic) bond motifs is 1. The topological polar surface area (TPSA) is 62.2 Å². The normalized spacial score (nSPS) is 22.8. The molecule has 0 saturated carbocycles. The zero-order valence-corrected chi connectivity index (χ0v) is 12.4. The lowest BCUT2D eigenvalue weighted by molar-refractivity contribution is -0.141. The highest BCUT2D eigenvalue weighted by Crippen LogP contribution is 2.32. The number of carbonyl (C=O) groups is 1. The van der Waals surface area contributed by atoms with Crippen molar-refractivity contribution in [1.82, 2.24) is 10.3 Å². The predicted molar refractivity (Wildman–Crippen MR) is 80.2 cm³/mol. The lowest BCUT2D eigenvalue weighted by Crippen LogP contribution is -2.17. The maximum Gasteiger partial charge on any atom is 0.307 e. The number of rotatable bonds is 3. The van der Waals surface area contributed by atoms with Crippen molar-refractivity contribution in [2.45, 2.75) is 32.2 Å². The Morgan fingerprint density at radius 1 is 1.50 bits per heavy atom. The number of carboxylic acid groups (broad SMARTS) is 1. The number of thiazole rings is 1. The van der Waals surface area contributed by atoms with Crippen molar-refractivity contribution in [3.63, 3.8) is 0 Å². The number of nitrogens with zero attached hydrogens (tertiary/aromatic N) is 1. The van der Waals surface area contributed by atoms with Crippen molar-refractivity contribution in [3.05, 3.63) is 28.8 Å². The van der Waals surface area contributed by atoms with Crippen LogP contribution in [0.2, 0.25) is 0 Å². The molecule has 0 amide bonds. The lowest BCUT2D eigenvalue weighted by atomic mass is 10.00. The average Bonchev–Trinajstić information content (AvgIpc) is 3.04. The van der Waals surface area contributed by atoms with Crippen LogP contribution in [0.4, 0.5) is 0 Å². The maximum atomic E-state index is 11.0. The standard InChI is InChI=1S/C15H18N2O2S/c1-8(2)14-17-12-5-9(3-4-13(12)20-14)11-6-10(7-16-11)15(18)19/h3-5,8,10-11,16H,6-7H2,1-2H3,(H,18,19). The summed E-state index contributed by atoms with van der Waals surface area (Å²) >= 11 is 1.74. The maximum absolute atomic E-state index is 11.0. The van der Waals surface area contributed by atoms with Gasteiger partial charge >= 0.3 is 5.97 Å². The van der Waals surface area contributed by atoms with E-state index in [0.29, 0.717) is 18.9 Å². The summed E-state index contributed by atoms with van der Waals surface area (Å²) < 4.78 is 1.20. The minimum absolute atomic E-state index is 0.129. The van der Waals surface area contributed by atoms with Gasteiger partial charge < -0.3 is 10.4 Å². The van der Waals surface area contributed by atoms with Gasteiger partial charge in [-0.05, 0) is 24.1 Å². The molecular weight excluding hydrogens is 272 g/mol. The van der Waals surface area contributed by atoms with Gasteiger partial charge in [-0.15, -0.1) is 11.3 Å². The van der Waals surface area contributed by atoms with Crippen LogP contribution in [0.3, 0.4) is 0 Å². The molecule has 1 aromatic heterocycles. The molecule has 2 unspecified atom stereocenters. The fourth-order valence-electron chi connectivity index (χ4n) is 2.60. The summed E-state index contributed by atoms with van der Waals surface area (Å²) in [4.78, 5) is 15.7. The van der Waals surface area contributed by atoms with E-state index in [1.807, 2.05) is 0 Å². The van der Waals surface area contributed by atoms with E-state index >= 15 is 0 Å². The summed E-state index contributed by atoms with van der Waals surface area (Å²) in [7, 11) is 0. The summed E-state index contributed by atoms with van der Waals surface area (Å²) in [5.41, 5.74) is 2.17. The van der Waals surface area contributed by atoms with Crippen LogP contribution in [0.15, 0.2) is 18.2 Å². The van der Waals surface area contributed by atoms with Gasteiger partial charge in [-0.1, -0.05) is 19.9 Å². The smallest absolute Gasteiger partial charge is 0.307 e. The van der Waals surface area contributed by atoms with Crippen molar-refractivity contribution in [2.24, 2.45) is 5.92 Å². The zero-order valence-electron chi connectivity index (χ0n) is 11.6. The van der Waals surface area contributed by atoms with Gasteiger partial charge in [0.25, 0.3) is 0 Å². The van der Waals surface area contributed by atoms with E-state index in [2.05, 4.69) is 42.3 Å². The molecule has 1 saturated heterocycles. The Bertz CT molecular complexity index is 650. The first-order valence-electron chi connectivity index (χ1n) is 6.91. The van der Waals surface area contributed by atoms with Gasteiger partial charge in [-0.25, -0.2) is 4.98 Å². The van der Waals surface area contributed by atoms with Crippen molar-refractivity contribution < 1.29 is 9.90 Å². The summed E-state index contributed by atoms with van der Waals surface area (Å²) in [6.45, 7) is 4.84. The van der Waals surface area contributed by atoms with Crippen molar-refractivity contribution in [1.29, 1.82) is 0 Å². The largest absolute Gasteiger partial charge is 0.481 e. The fourth-order valence-corrected chi connectivity index (χ4v) is 3.55. The molecule has 0 spiro atoms. The average molecular weight is 290 g/mol. The van der Waals surface area contributed by atoms with E-state index < -0.39 is 5.97 Å². The molecule has 2 N–H and O–H groups in total. The van der Waals surface area contributed by atoms with Crippen LogP contribution in [0.5, 0.6) is 0 Å². The van der Waals surface area contributed by atoms with Crippen LogP contribution >= 0.6 is 11.3 Å². The van der Waals surface area contributed by atoms with E-state index in [1.54, 1.807) is 11.3 Å². The molecule has 5 heteroatoms. The highest BCUT2D eigenvalue weighted by molar-refractivity contribution is 7.18. The Labute approximate surface area is 121 Å². The lowest BCUT2D eigenvalue weighted by Gasteiger charge is -2.10. The molecule has 1 fully saturated rings. The molecule has 2 atom stereocenters. The second kappa shape index (κ2) is 5.14. The molecular formula is C15H18N2O2S. The number of carboxylic acids is 1. The van der Waals surface area contributed by atoms with E-state index in [-0.39, 0.29) is 12.0 Å². The summed E-state index contributed by atoms with van der Waals surface area (Å²) in [6, 6.07) is 6.42. The van der Waals surface area contributed by atoms with Crippen LogP contribution in [0.1, 0.15) is 42.8 Å². The van der Waals surface area contributed by atoms with Gasteiger partial charge in [0.1, 0.15) is 0 Å². The Morgan fingerprint density at radius 2 is 2.30 bits per heavy atom. The molecule has 20 heavy (non-hydrogen) atoms. The first kappa shape index (κ1) is 13.5. The van der Waals surface area contributed by atoms with Gasteiger partial charge in [0.15, 0.2) is 0 Å². The number of nitrogens with one attached hydrogen (secondary N) is 1. The zero-order chi connectivity index (χ0) is 14.3. The van der Waals surface area contributed by atoms with Crippen molar-refractivity contribution in [3.8, 4) is 0 Å². The van der Waals surface area contributed by atoms with E-state index in [9.17, 15) is 4.79 Å². The van der Waals surface area contributed by atoms with Crippen molar-refractivity contribution in [2.75, 3.05) is 6.54 Å². The first-order chi connectivity index (χ1) is 9.54. The second-order valence-corrected chi connectivity index (χ2v) is 6.73. The fraction of sp³-hybridized carbons (Fsp3) is 0.467. The SMILES string of the molecule is CC(C)c1nc2cc(C3CC(C(=O)O)CN3)ccc2s1. The molecule has 0 bridgehead atoms. The molecule has 0 radical (unpaired) electrons. The van der Waals surface area contributed by atoms with Crippen LogP contribution in [0, 0.1) is 5.92 Å². The molecule has 2 heterocycles. The highest BCUT2D eigenvalue weighted by Gasteiger charge is 2.30. The summed E-state index contributed by atoms with van der Waals surface area (Å²) in [5, 5.41) is 13.5. The molecule has 4 nitrogen and oxygen atoms in total. The van der Waals surface area contributed by atoms with Gasteiger partial charge in [0.05, 0.1) is 21.1 Å². The third-order valence-electron chi connectivity index (χ3n) is 3.80. The molecule has 106 valence electrons. The van der Waals surface area contributed by atoms with Gasteiger partial charge in [-0.2, -0.15) is 0 Å². The molecule has 2 aromatic rings. The first-order valence-corrected chi connectivity index (χ1v) is 7.73. The summed E-state index contributed by atoms with van der Waals surface area (Å²) in [5.74, 6) is -0.550. The number of benzene rings is 1. The highest BCUT2D eigenvalue weighted by atomic mass is 32.1. The van der Waals surface area contributed by atoms with Crippen LogP contribution in [-0.4, -0.2) is 22.6 Å². The van der Waals surface area contributed by atoms with E-state index in [0.717, 1.165) is 16.1 Å². The quantitative estimate of drug-likeness (QED) is 0.911. The third-order valence-corrected chi connectivity index (χ3v) is 5.14. The number of hydrogen-bond donors (Lipinski definition) is 2. The Hall–Kier alpha value is -1.46. The predicted octanol–water partition coefficient (Wildman–Crippen LogP) is 3.15. The van der Waals surface area contributed by atoms with Crippen molar-refractivity contribution >= 4 is 27.5 Å². The number of aliphatic carboxylic acids is 1. The van der Waals surface area contributed by atoms with E-state index in [1.165, 1.54) is 4.70 Å². The number of hydrogen-bond acceptors (Lipinski definition) is 4. The Morgan fingerprint density at radius 3 is 2.95 bits per heavy atom. The Balaban J connectivity index is 1.88. The monoisotopic (exact) mass is 290 g/mol. The Kier molecular flexibility index (Phi) is 3.48. The molecule has 1 aliphatic rings. The second-order valence-electron chi connectivity index (χ2n) is 5.67. The molecule has 1 aromatic carbocycles. The minimum atomic E-state index is -0.711. The van der Waals surface area contributed by atoms with Crippen LogP contribution in [-0.2, 0) is 4.79 Å². The van der Waals surface area contributed by atoms with Gasteiger partial charge in [0, 0.05) is 18.5 Å². The van der Waals surface area contributed by atoms with Gasteiger partial charge in [0.2, 0.25) is 0 Å². The molecule has 3 rings (SSSR count). The third kappa shape index (κ3) is 2.43. The molecule has 0 aliphatic carbocycles. The van der Waals surface area contributed by atoms with E-state index in [4.69, 9.17) is 5.11 Å². The molecule has 1 aliphatic heterocycles. The van der Waals surface area contributed by atoms with Crippen LogP contribution in [0.25, 0.3) is 10.2 Å².